The fraction of sp³-hybridized carbons (Fsp3) is 0.429. The van der Waals surface area contributed by atoms with Crippen LogP contribution in [0.2, 0.25) is 5.02 Å². The molecule has 0 aliphatic rings. The van der Waals surface area contributed by atoms with Crippen molar-refractivity contribution >= 4 is 24.0 Å². The topological polar surface area (TPSA) is 50.7 Å². The third-order valence-corrected chi connectivity index (χ3v) is 4.36. The second kappa shape index (κ2) is 13.7. The molecule has 0 unspecified atom stereocenters. The van der Waals surface area contributed by atoms with Crippen molar-refractivity contribution in [2.24, 2.45) is 0 Å². The third kappa shape index (κ3) is 8.39. The molecule has 0 atom stereocenters. The highest BCUT2D eigenvalue weighted by Crippen LogP contribution is 2.30. The summed E-state index contributed by atoms with van der Waals surface area (Å²) in [6.07, 6.45) is 2.98. The van der Waals surface area contributed by atoms with Gasteiger partial charge in [0.15, 0.2) is 11.5 Å². The maximum atomic E-state index is 8.79. The highest BCUT2D eigenvalue weighted by Gasteiger charge is 2.08. The quantitative estimate of drug-likeness (QED) is 0.481. The maximum Gasteiger partial charge on any atom is 0.161 e. The molecule has 6 heteroatoms. The van der Waals surface area contributed by atoms with Gasteiger partial charge in [-0.05, 0) is 56.5 Å². The zero-order chi connectivity index (χ0) is 18.6. The minimum absolute atomic E-state index is 0. The average Bonchev–Trinajstić information content (AvgIpc) is 2.65. The van der Waals surface area contributed by atoms with Gasteiger partial charge in [0.25, 0.3) is 0 Å². The van der Waals surface area contributed by atoms with Crippen LogP contribution in [0.3, 0.4) is 0 Å². The number of unbranched alkanes of at least 4 members (excludes halogenated alkanes) is 2. The van der Waals surface area contributed by atoms with Crippen molar-refractivity contribution < 1.29 is 14.6 Å². The zero-order valence-corrected chi connectivity index (χ0v) is 17.3. The zero-order valence-electron chi connectivity index (χ0n) is 15.7. The Bertz CT molecular complexity index is 668. The van der Waals surface area contributed by atoms with Crippen molar-refractivity contribution in [1.82, 2.24) is 5.32 Å². The van der Waals surface area contributed by atoms with Crippen LogP contribution in [-0.2, 0) is 13.2 Å². The monoisotopic (exact) mass is 413 g/mol. The number of halogens is 2. The van der Waals surface area contributed by atoms with Crippen LogP contribution in [0.1, 0.15) is 37.3 Å². The van der Waals surface area contributed by atoms with Crippen LogP contribution in [0.25, 0.3) is 0 Å². The van der Waals surface area contributed by atoms with E-state index < -0.39 is 0 Å². The summed E-state index contributed by atoms with van der Waals surface area (Å²) >= 11 is 6.19. The minimum atomic E-state index is 0. The second-order valence-electron chi connectivity index (χ2n) is 6.06. The van der Waals surface area contributed by atoms with E-state index in [4.69, 9.17) is 26.2 Å². The van der Waals surface area contributed by atoms with E-state index in [1.165, 1.54) is 0 Å². The standard InChI is InChI=1S/C21H28ClNO3.ClH/c1-2-25-21-14-17(15-23-12-6-3-7-13-24)10-11-20(21)26-16-18-8-4-5-9-19(18)22;/h4-5,8-11,14,23-24H,2-3,6-7,12-13,15-16H2,1H3;1H. The normalized spacial score (nSPS) is 10.3. The number of nitrogens with one attached hydrogen (secondary N) is 1. The van der Waals surface area contributed by atoms with Crippen molar-refractivity contribution in [1.29, 1.82) is 0 Å². The summed E-state index contributed by atoms with van der Waals surface area (Å²) in [5, 5.41) is 12.9. The van der Waals surface area contributed by atoms with Crippen molar-refractivity contribution in [3.63, 3.8) is 0 Å². The number of benzene rings is 2. The molecule has 0 saturated heterocycles. The Morgan fingerprint density at radius 1 is 1.00 bits per heavy atom. The molecule has 2 aromatic rings. The predicted octanol–water partition coefficient (Wildman–Crippen LogP) is 4.99. The molecule has 0 aliphatic heterocycles. The van der Waals surface area contributed by atoms with Crippen molar-refractivity contribution in [2.45, 2.75) is 39.3 Å². The Kier molecular flexibility index (Phi) is 11.9. The lowest BCUT2D eigenvalue weighted by Gasteiger charge is -2.14. The van der Waals surface area contributed by atoms with Gasteiger partial charge in [-0.25, -0.2) is 0 Å². The van der Waals surface area contributed by atoms with E-state index in [1.54, 1.807) is 0 Å². The molecule has 0 radical (unpaired) electrons. The number of hydrogen-bond acceptors (Lipinski definition) is 4. The van der Waals surface area contributed by atoms with Crippen LogP contribution in [0.15, 0.2) is 42.5 Å². The molecule has 0 aliphatic carbocycles. The molecular formula is C21H29Cl2NO3. The molecule has 0 amide bonds. The Hall–Kier alpha value is -1.46. The van der Waals surface area contributed by atoms with Crippen LogP contribution in [0.5, 0.6) is 11.5 Å². The largest absolute Gasteiger partial charge is 0.490 e. The second-order valence-corrected chi connectivity index (χ2v) is 6.46. The fourth-order valence-electron chi connectivity index (χ4n) is 2.59. The Morgan fingerprint density at radius 2 is 1.81 bits per heavy atom. The summed E-state index contributed by atoms with van der Waals surface area (Å²) < 4.78 is 11.7. The van der Waals surface area contributed by atoms with E-state index in [0.717, 1.165) is 55.0 Å². The fourth-order valence-corrected chi connectivity index (χ4v) is 2.78. The Balaban J connectivity index is 0.00000364. The van der Waals surface area contributed by atoms with E-state index in [9.17, 15) is 0 Å². The van der Waals surface area contributed by atoms with Gasteiger partial charge in [0.1, 0.15) is 6.61 Å². The molecule has 0 fully saturated rings. The van der Waals surface area contributed by atoms with E-state index in [-0.39, 0.29) is 19.0 Å². The third-order valence-electron chi connectivity index (χ3n) is 3.99. The van der Waals surface area contributed by atoms with E-state index in [1.807, 2.05) is 49.4 Å². The summed E-state index contributed by atoms with van der Waals surface area (Å²) in [4.78, 5) is 0. The first-order chi connectivity index (χ1) is 12.7. The number of aliphatic hydroxyl groups excluding tert-OH is 1. The molecule has 0 heterocycles. The number of ether oxygens (including phenoxy) is 2. The lowest BCUT2D eigenvalue weighted by molar-refractivity contribution is 0.269. The van der Waals surface area contributed by atoms with Crippen molar-refractivity contribution in [2.75, 3.05) is 19.8 Å². The molecule has 2 aromatic carbocycles. The highest BCUT2D eigenvalue weighted by molar-refractivity contribution is 6.31. The van der Waals surface area contributed by atoms with Gasteiger partial charge in [-0.2, -0.15) is 0 Å². The Labute approximate surface area is 173 Å². The summed E-state index contributed by atoms with van der Waals surface area (Å²) in [5.41, 5.74) is 2.10. The number of aliphatic hydroxyl groups is 1. The van der Waals surface area contributed by atoms with Gasteiger partial charge >= 0.3 is 0 Å². The molecule has 2 rings (SSSR count). The molecule has 0 bridgehead atoms. The van der Waals surface area contributed by atoms with Gasteiger partial charge in [0.2, 0.25) is 0 Å². The first kappa shape index (κ1) is 23.6. The molecule has 0 aromatic heterocycles. The van der Waals surface area contributed by atoms with Gasteiger partial charge in [-0.3, -0.25) is 0 Å². The summed E-state index contributed by atoms with van der Waals surface area (Å²) in [5.74, 6) is 1.47. The van der Waals surface area contributed by atoms with Crippen LogP contribution in [0, 0.1) is 0 Å². The summed E-state index contributed by atoms with van der Waals surface area (Å²) in [6.45, 7) is 4.94. The average molecular weight is 414 g/mol. The maximum absolute atomic E-state index is 8.79. The molecule has 2 N–H and O–H groups in total. The lowest BCUT2D eigenvalue weighted by atomic mass is 10.2. The first-order valence-corrected chi connectivity index (χ1v) is 9.56. The molecule has 150 valence electrons. The molecule has 0 spiro atoms. The van der Waals surface area contributed by atoms with Gasteiger partial charge in [0, 0.05) is 23.7 Å². The number of rotatable bonds is 12. The predicted molar refractivity (Wildman–Crippen MR) is 113 cm³/mol. The first-order valence-electron chi connectivity index (χ1n) is 9.18. The van der Waals surface area contributed by atoms with Crippen LogP contribution in [0.4, 0.5) is 0 Å². The molecular weight excluding hydrogens is 385 g/mol. The van der Waals surface area contributed by atoms with Gasteiger partial charge in [-0.1, -0.05) is 35.9 Å². The van der Waals surface area contributed by atoms with E-state index >= 15 is 0 Å². The van der Waals surface area contributed by atoms with Crippen molar-refractivity contribution in [3.8, 4) is 11.5 Å². The summed E-state index contributed by atoms with van der Waals surface area (Å²) in [7, 11) is 0. The van der Waals surface area contributed by atoms with Crippen LogP contribution < -0.4 is 14.8 Å². The minimum Gasteiger partial charge on any atom is -0.490 e. The van der Waals surface area contributed by atoms with E-state index in [0.29, 0.717) is 18.2 Å². The van der Waals surface area contributed by atoms with Crippen molar-refractivity contribution in [3.05, 3.63) is 58.6 Å². The number of hydrogen-bond donors (Lipinski definition) is 2. The van der Waals surface area contributed by atoms with Crippen LogP contribution >= 0.6 is 24.0 Å². The van der Waals surface area contributed by atoms with Gasteiger partial charge < -0.3 is 19.9 Å². The molecule has 4 nitrogen and oxygen atoms in total. The summed E-state index contributed by atoms with van der Waals surface area (Å²) in [6, 6.07) is 13.7. The highest BCUT2D eigenvalue weighted by atomic mass is 35.5. The van der Waals surface area contributed by atoms with E-state index in [2.05, 4.69) is 5.32 Å². The van der Waals surface area contributed by atoms with Crippen LogP contribution in [-0.4, -0.2) is 24.9 Å². The lowest BCUT2D eigenvalue weighted by Crippen LogP contribution is -2.15. The van der Waals surface area contributed by atoms with Gasteiger partial charge in [-0.15, -0.1) is 12.4 Å². The Morgan fingerprint density at radius 3 is 2.56 bits per heavy atom. The smallest absolute Gasteiger partial charge is 0.161 e. The molecule has 27 heavy (non-hydrogen) atoms. The molecule has 0 saturated carbocycles. The SMILES string of the molecule is CCOc1cc(CNCCCCCO)ccc1OCc1ccccc1Cl.Cl. The van der Waals surface area contributed by atoms with Gasteiger partial charge in [0.05, 0.1) is 6.61 Å².